The first kappa shape index (κ1) is 15.1. The summed E-state index contributed by atoms with van der Waals surface area (Å²) in [5.74, 6) is 0.460. The molecule has 102 valence electrons. The SMILES string of the molecule is CC(C)CC(C)NS(=O)(=O)c1ccc(CN)cc1. The van der Waals surface area contributed by atoms with E-state index in [2.05, 4.69) is 18.6 Å². The molecule has 1 aromatic rings. The lowest BCUT2D eigenvalue weighted by Crippen LogP contribution is -2.33. The van der Waals surface area contributed by atoms with Crippen molar-refractivity contribution in [1.82, 2.24) is 4.72 Å². The number of nitrogens with one attached hydrogen (secondary N) is 1. The number of sulfonamides is 1. The first-order chi connectivity index (χ1) is 8.35. The number of hydrogen-bond donors (Lipinski definition) is 2. The molecule has 0 saturated heterocycles. The third-order valence-corrected chi connectivity index (χ3v) is 4.26. The van der Waals surface area contributed by atoms with Gasteiger partial charge < -0.3 is 5.73 Å². The van der Waals surface area contributed by atoms with E-state index in [-0.39, 0.29) is 10.9 Å². The van der Waals surface area contributed by atoms with Crippen molar-refractivity contribution in [3.8, 4) is 0 Å². The summed E-state index contributed by atoms with van der Waals surface area (Å²) in [6.45, 7) is 6.44. The van der Waals surface area contributed by atoms with Crippen LogP contribution in [0.2, 0.25) is 0 Å². The highest BCUT2D eigenvalue weighted by molar-refractivity contribution is 7.89. The summed E-state index contributed by atoms with van der Waals surface area (Å²) in [7, 11) is -3.42. The van der Waals surface area contributed by atoms with Crippen LogP contribution in [0.3, 0.4) is 0 Å². The fraction of sp³-hybridized carbons (Fsp3) is 0.538. The van der Waals surface area contributed by atoms with Gasteiger partial charge in [-0.1, -0.05) is 26.0 Å². The van der Waals surface area contributed by atoms with Crippen LogP contribution in [0, 0.1) is 5.92 Å². The lowest BCUT2D eigenvalue weighted by Gasteiger charge is -2.16. The number of nitrogens with two attached hydrogens (primary N) is 1. The molecule has 4 nitrogen and oxygen atoms in total. The van der Waals surface area contributed by atoms with Gasteiger partial charge in [-0.3, -0.25) is 0 Å². The lowest BCUT2D eigenvalue weighted by atomic mass is 10.1. The van der Waals surface area contributed by atoms with Gasteiger partial charge in [-0.25, -0.2) is 13.1 Å². The van der Waals surface area contributed by atoms with Gasteiger partial charge in [0.15, 0.2) is 0 Å². The number of hydrogen-bond acceptors (Lipinski definition) is 3. The molecule has 0 aliphatic rings. The smallest absolute Gasteiger partial charge is 0.240 e. The van der Waals surface area contributed by atoms with Crippen LogP contribution in [0.25, 0.3) is 0 Å². The Morgan fingerprint density at radius 1 is 1.17 bits per heavy atom. The molecule has 5 heteroatoms. The Morgan fingerprint density at radius 2 is 1.72 bits per heavy atom. The van der Waals surface area contributed by atoms with E-state index in [0.717, 1.165) is 12.0 Å². The van der Waals surface area contributed by atoms with Crippen molar-refractivity contribution in [2.75, 3.05) is 0 Å². The molecule has 0 aromatic heterocycles. The van der Waals surface area contributed by atoms with Crippen LogP contribution < -0.4 is 10.5 Å². The predicted molar refractivity (Wildman–Crippen MR) is 73.6 cm³/mol. The molecule has 0 bridgehead atoms. The molecule has 1 rings (SSSR count). The zero-order valence-electron chi connectivity index (χ0n) is 11.2. The predicted octanol–water partition coefficient (Wildman–Crippen LogP) is 1.86. The molecule has 0 spiro atoms. The van der Waals surface area contributed by atoms with E-state index in [4.69, 9.17) is 5.73 Å². The zero-order valence-corrected chi connectivity index (χ0v) is 12.0. The topological polar surface area (TPSA) is 72.2 Å². The average Bonchev–Trinajstić information content (AvgIpc) is 2.27. The van der Waals surface area contributed by atoms with Gasteiger partial charge in [0, 0.05) is 12.6 Å². The molecule has 0 heterocycles. The Hall–Kier alpha value is -0.910. The summed E-state index contributed by atoms with van der Waals surface area (Å²) in [5, 5.41) is 0. The Kier molecular flexibility index (Phi) is 5.31. The summed E-state index contributed by atoms with van der Waals surface area (Å²) in [5.41, 5.74) is 6.40. The highest BCUT2D eigenvalue weighted by Crippen LogP contribution is 2.12. The second-order valence-electron chi connectivity index (χ2n) is 5.00. The molecule has 0 aliphatic heterocycles. The summed E-state index contributed by atoms with van der Waals surface area (Å²) < 4.78 is 26.8. The van der Waals surface area contributed by atoms with Crippen LogP contribution >= 0.6 is 0 Å². The minimum absolute atomic E-state index is 0.0656. The highest BCUT2D eigenvalue weighted by Gasteiger charge is 2.17. The van der Waals surface area contributed by atoms with E-state index in [1.54, 1.807) is 24.3 Å². The molecule has 1 aromatic carbocycles. The first-order valence-electron chi connectivity index (χ1n) is 6.16. The zero-order chi connectivity index (χ0) is 13.8. The molecular weight excluding hydrogens is 248 g/mol. The molecule has 0 aliphatic carbocycles. The van der Waals surface area contributed by atoms with Gasteiger partial charge >= 0.3 is 0 Å². The van der Waals surface area contributed by atoms with Crippen LogP contribution in [0.5, 0.6) is 0 Å². The molecule has 0 amide bonds. The van der Waals surface area contributed by atoms with Gasteiger partial charge in [0.2, 0.25) is 10.0 Å². The first-order valence-corrected chi connectivity index (χ1v) is 7.65. The molecule has 0 saturated carbocycles. The molecule has 1 atom stereocenters. The Bertz CT molecular complexity index is 466. The third-order valence-electron chi connectivity index (χ3n) is 2.65. The Labute approximate surface area is 110 Å². The quantitative estimate of drug-likeness (QED) is 0.828. The average molecular weight is 270 g/mol. The van der Waals surface area contributed by atoms with Crippen molar-refractivity contribution >= 4 is 10.0 Å². The fourth-order valence-corrected chi connectivity index (χ4v) is 3.15. The molecule has 0 fully saturated rings. The van der Waals surface area contributed by atoms with Crippen molar-refractivity contribution in [2.45, 2.75) is 44.7 Å². The Balaban J connectivity index is 2.79. The van der Waals surface area contributed by atoms with E-state index in [1.807, 2.05) is 6.92 Å². The Morgan fingerprint density at radius 3 is 2.17 bits per heavy atom. The normalized spacial score (nSPS) is 13.8. The minimum Gasteiger partial charge on any atom is -0.326 e. The lowest BCUT2D eigenvalue weighted by molar-refractivity contribution is 0.482. The monoisotopic (exact) mass is 270 g/mol. The van der Waals surface area contributed by atoms with Gasteiger partial charge in [-0.2, -0.15) is 0 Å². The van der Waals surface area contributed by atoms with Crippen LogP contribution in [0.15, 0.2) is 29.2 Å². The van der Waals surface area contributed by atoms with Crippen LogP contribution in [-0.2, 0) is 16.6 Å². The second kappa shape index (κ2) is 6.31. The summed E-state index contributed by atoms with van der Waals surface area (Å²) in [6.07, 6.45) is 0.820. The van der Waals surface area contributed by atoms with E-state index in [0.29, 0.717) is 12.5 Å². The van der Waals surface area contributed by atoms with Gasteiger partial charge in [-0.15, -0.1) is 0 Å². The summed E-state index contributed by atoms with van der Waals surface area (Å²) in [4.78, 5) is 0.287. The maximum absolute atomic E-state index is 12.1. The van der Waals surface area contributed by atoms with E-state index >= 15 is 0 Å². The summed E-state index contributed by atoms with van der Waals surface area (Å²) >= 11 is 0. The van der Waals surface area contributed by atoms with Crippen molar-refractivity contribution in [1.29, 1.82) is 0 Å². The third kappa shape index (κ3) is 4.40. The number of rotatable bonds is 6. The molecule has 18 heavy (non-hydrogen) atoms. The maximum Gasteiger partial charge on any atom is 0.240 e. The van der Waals surface area contributed by atoms with E-state index < -0.39 is 10.0 Å². The molecular formula is C13H22N2O2S. The van der Waals surface area contributed by atoms with Crippen molar-refractivity contribution in [2.24, 2.45) is 11.7 Å². The standard InChI is InChI=1S/C13H22N2O2S/c1-10(2)8-11(3)15-18(16,17)13-6-4-12(9-14)5-7-13/h4-7,10-11,15H,8-9,14H2,1-3H3. The van der Waals surface area contributed by atoms with E-state index in [9.17, 15) is 8.42 Å². The van der Waals surface area contributed by atoms with Gasteiger partial charge in [0.05, 0.1) is 4.90 Å². The number of benzene rings is 1. The molecule has 0 radical (unpaired) electrons. The second-order valence-corrected chi connectivity index (χ2v) is 6.71. The van der Waals surface area contributed by atoms with Gasteiger partial charge in [-0.05, 0) is 37.0 Å². The van der Waals surface area contributed by atoms with Crippen molar-refractivity contribution < 1.29 is 8.42 Å². The van der Waals surface area contributed by atoms with Crippen LogP contribution in [0.4, 0.5) is 0 Å². The van der Waals surface area contributed by atoms with Crippen molar-refractivity contribution in [3.63, 3.8) is 0 Å². The summed E-state index contributed by atoms with van der Waals surface area (Å²) in [6, 6.07) is 6.59. The van der Waals surface area contributed by atoms with Crippen LogP contribution in [0.1, 0.15) is 32.8 Å². The largest absolute Gasteiger partial charge is 0.326 e. The highest BCUT2D eigenvalue weighted by atomic mass is 32.2. The van der Waals surface area contributed by atoms with Crippen molar-refractivity contribution in [3.05, 3.63) is 29.8 Å². The minimum atomic E-state index is -3.42. The van der Waals surface area contributed by atoms with E-state index in [1.165, 1.54) is 0 Å². The van der Waals surface area contributed by atoms with Crippen LogP contribution in [-0.4, -0.2) is 14.5 Å². The van der Waals surface area contributed by atoms with Gasteiger partial charge in [0.25, 0.3) is 0 Å². The maximum atomic E-state index is 12.1. The molecule has 1 unspecified atom stereocenters. The van der Waals surface area contributed by atoms with Gasteiger partial charge in [0.1, 0.15) is 0 Å². The fourth-order valence-electron chi connectivity index (χ4n) is 1.89. The molecule has 3 N–H and O–H groups in total.